The van der Waals surface area contributed by atoms with E-state index in [9.17, 15) is 4.79 Å². The summed E-state index contributed by atoms with van der Waals surface area (Å²) >= 11 is 1.72. The fraction of sp³-hybridized carbons (Fsp3) is 0.0952. The first-order valence-electron chi connectivity index (χ1n) is 8.28. The van der Waals surface area contributed by atoms with E-state index in [2.05, 4.69) is 41.2 Å². The molecule has 0 spiro atoms. The van der Waals surface area contributed by atoms with Crippen LogP contribution in [0.2, 0.25) is 0 Å². The quantitative estimate of drug-likeness (QED) is 0.432. The first-order valence-corrected chi connectivity index (χ1v) is 9.51. The molecule has 0 atom stereocenters. The van der Waals surface area contributed by atoms with E-state index in [0.717, 1.165) is 11.3 Å². The zero-order valence-electron chi connectivity index (χ0n) is 14.5. The lowest BCUT2D eigenvalue weighted by molar-refractivity contribution is 0.102. The molecule has 0 saturated heterocycles. The van der Waals surface area contributed by atoms with Gasteiger partial charge in [0.2, 0.25) is 0 Å². The molecule has 4 N–H and O–H groups in total. The van der Waals surface area contributed by atoms with Crippen molar-refractivity contribution in [3.05, 3.63) is 83.9 Å². The molecule has 3 aromatic rings. The van der Waals surface area contributed by atoms with Crippen molar-refractivity contribution in [2.24, 2.45) is 0 Å². The number of anilines is 3. The maximum atomic E-state index is 12.3. The summed E-state index contributed by atoms with van der Waals surface area (Å²) in [7, 11) is 0. The number of carbonyl (C=O) groups excluding carboxylic acids is 1. The van der Waals surface area contributed by atoms with Crippen LogP contribution in [0, 0.1) is 0 Å². The molecular weight excluding hydrogens is 342 g/mol. The molecule has 0 heterocycles. The van der Waals surface area contributed by atoms with Crippen molar-refractivity contribution in [1.82, 2.24) is 0 Å². The van der Waals surface area contributed by atoms with Gasteiger partial charge < -0.3 is 16.4 Å². The van der Waals surface area contributed by atoms with Gasteiger partial charge in [-0.3, -0.25) is 4.79 Å². The summed E-state index contributed by atoms with van der Waals surface area (Å²) in [6.07, 6.45) is 2.06. The molecule has 0 unspecified atom stereocenters. The number of hydrogen-bond acceptors (Lipinski definition) is 4. The van der Waals surface area contributed by atoms with E-state index < -0.39 is 0 Å². The molecule has 132 valence electrons. The molecule has 3 aromatic carbocycles. The lowest BCUT2D eigenvalue weighted by Crippen LogP contribution is -2.13. The van der Waals surface area contributed by atoms with Gasteiger partial charge in [0.1, 0.15) is 0 Å². The summed E-state index contributed by atoms with van der Waals surface area (Å²) < 4.78 is 0. The summed E-state index contributed by atoms with van der Waals surface area (Å²) in [6, 6.07) is 23.1. The lowest BCUT2D eigenvalue weighted by atomic mass is 10.1. The van der Waals surface area contributed by atoms with Gasteiger partial charge in [0.25, 0.3) is 5.91 Å². The number of para-hydroxylation sites is 2. The summed E-state index contributed by atoms with van der Waals surface area (Å²) in [6.45, 7) is 0.701. The molecule has 5 heteroatoms. The molecular formula is C21H21N3OS. The first-order chi connectivity index (χ1) is 12.7. The lowest BCUT2D eigenvalue weighted by Gasteiger charge is -2.09. The maximum absolute atomic E-state index is 12.3. The highest BCUT2D eigenvalue weighted by Gasteiger charge is 2.07. The van der Waals surface area contributed by atoms with Crippen LogP contribution in [0.25, 0.3) is 0 Å². The number of nitrogens with two attached hydrogens (primary N) is 1. The van der Waals surface area contributed by atoms with Gasteiger partial charge in [-0.1, -0.05) is 24.3 Å². The van der Waals surface area contributed by atoms with E-state index in [4.69, 9.17) is 5.73 Å². The highest BCUT2D eigenvalue weighted by Crippen LogP contribution is 2.19. The minimum atomic E-state index is -0.171. The zero-order valence-corrected chi connectivity index (χ0v) is 15.3. The van der Waals surface area contributed by atoms with E-state index in [1.807, 2.05) is 36.4 Å². The second kappa shape index (κ2) is 8.45. The van der Waals surface area contributed by atoms with Gasteiger partial charge in [0.05, 0.1) is 11.4 Å². The van der Waals surface area contributed by atoms with E-state index in [-0.39, 0.29) is 5.91 Å². The number of hydrogen-bond donors (Lipinski definition) is 3. The monoisotopic (exact) mass is 363 g/mol. The average molecular weight is 363 g/mol. The van der Waals surface area contributed by atoms with Crippen molar-refractivity contribution in [2.75, 3.05) is 22.6 Å². The largest absolute Gasteiger partial charge is 0.397 e. The van der Waals surface area contributed by atoms with Crippen LogP contribution < -0.4 is 16.4 Å². The van der Waals surface area contributed by atoms with Gasteiger partial charge in [-0.15, -0.1) is 11.8 Å². The Morgan fingerprint density at radius 2 is 1.65 bits per heavy atom. The van der Waals surface area contributed by atoms with E-state index >= 15 is 0 Å². The Bertz CT molecular complexity index is 877. The third-order valence-electron chi connectivity index (χ3n) is 4.01. The topological polar surface area (TPSA) is 67.2 Å². The third-order valence-corrected chi connectivity index (χ3v) is 4.76. The average Bonchev–Trinajstić information content (AvgIpc) is 2.69. The molecule has 1 amide bonds. The predicted molar refractivity (Wildman–Crippen MR) is 111 cm³/mol. The smallest absolute Gasteiger partial charge is 0.255 e. The van der Waals surface area contributed by atoms with Gasteiger partial charge in [0.15, 0.2) is 0 Å². The molecule has 0 radical (unpaired) electrons. The van der Waals surface area contributed by atoms with Crippen molar-refractivity contribution in [1.29, 1.82) is 0 Å². The Morgan fingerprint density at radius 1 is 0.962 bits per heavy atom. The van der Waals surface area contributed by atoms with E-state index in [1.54, 1.807) is 23.9 Å². The second-order valence-electron chi connectivity index (χ2n) is 5.82. The van der Waals surface area contributed by atoms with Crippen LogP contribution >= 0.6 is 11.8 Å². The fourth-order valence-electron chi connectivity index (χ4n) is 2.49. The van der Waals surface area contributed by atoms with Gasteiger partial charge in [-0.2, -0.15) is 0 Å². The van der Waals surface area contributed by atoms with E-state index in [0.29, 0.717) is 23.5 Å². The number of carbonyl (C=O) groups is 1. The molecule has 0 aliphatic carbocycles. The Balaban J connectivity index is 1.59. The summed E-state index contributed by atoms with van der Waals surface area (Å²) in [5.41, 5.74) is 9.81. The molecule has 0 bridgehead atoms. The second-order valence-corrected chi connectivity index (χ2v) is 6.70. The highest BCUT2D eigenvalue weighted by molar-refractivity contribution is 7.98. The van der Waals surface area contributed by atoms with Crippen molar-refractivity contribution in [3.8, 4) is 0 Å². The van der Waals surface area contributed by atoms with Gasteiger partial charge in [-0.25, -0.2) is 0 Å². The maximum Gasteiger partial charge on any atom is 0.255 e. The van der Waals surface area contributed by atoms with Crippen LogP contribution in [-0.2, 0) is 6.54 Å². The summed E-state index contributed by atoms with van der Waals surface area (Å²) in [4.78, 5) is 13.6. The van der Waals surface area contributed by atoms with Crippen LogP contribution in [-0.4, -0.2) is 12.2 Å². The van der Waals surface area contributed by atoms with Crippen molar-refractivity contribution in [3.63, 3.8) is 0 Å². The number of rotatable bonds is 6. The fourth-order valence-corrected chi connectivity index (χ4v) is 2.90. The van der Waals surface area contributed by atoms with Crippen LogP contribution in [0.3, 0.4) is 0 Å². The van der Waals surface area contributed by atoms with Gasteiger partial charge >= 0.3 is 0 Å². The third kappa shape index (κ3) is 4.58. The Kier molecular flexibility index (Phi) is 5.81. The summed E-state index contributed by atoms with van der Waals surface area (Å²) in [5, 5.41) is 6.21. The first kappa shape index (κ1) is 17.9. The van der Waals surface area contributed by atoms with E-state index in [1.165, 1.54) is 4.90 Å². The van der Waals surface area contributed by atoms with Gasteiger partial charge in [0, 0.05) is 22.7 Å². The number of amides is 1. The Labute approximate surface area is 157 Å². The minimum absolute atomic E-state index is 0.171. The predicted octanol–water partition coefficient (Wildman–Crippen LogP) is 4.86. The summed E-state index contributed by atoms with van der Waals surface area (Å²) in [5.74, 6) is -0.171. The minimum Gasteiger partial charge on any atom is -0.397 e. The standard InChI is InChI=1S/C21H21N3OS/c1-26-18-12-10-17(11-13-18)23-14-15-6-8-16(9-7-15)21(25)24-20-5-3-2-4-19(20)22/h2-13,23H,14,22H2,1H3,(H,24,25). The SMILES string of the molecule is CSc1ccc(NCc2ccc(C(=O)Nc3ccccc3N)cc2)cc1. The molecule has 0 aromatic heterocycles. The molecule has 4 nitrogen and oxygen atoms in total. The number of nitrogens with one attached hydrogen (secondary N) is 2. The Hall–Kier alpha value is -2.92. The highest BCUT2D eigenvalue weighted by atomic mass is 32.2. The van der Waals surface area contributed by atoms with Crippen molar-refractivity contribution in [2.45, 2.75) is 11.4 Å². The number of benzene rings is 3. The zero-order chi connectivity index (χ0) is 18.4. The molecule has 3 rings (SSSR count). The molecule has 0 aliphatic rings. The van der Waals surface area contributed by atoms with Crippen LogP contribution in [0.5, 0.6) is 0 Å². The van der Waals surface area contributed by atoms with Crippen molar-refractivity contribution < 1.29 is 4.79 Å². The molecule has 0 aliphatic heterocycles. The number of thioether (sulfide) groups is 1. The molecule has 0 fully saturated rings. The van der Waals surface area contributed by atoms with Gasteiger partial charge in [-0.05, 0) is 60.4 Å². The molecule has 26 heavy (non-hydrogen) atoms. The van der Waals surface area contributed by atoms with Crippen LogP contribution in [0.1, 0.15) is 15.9 Å². The van der Waals surface area contributed by atoms with Crippen molar-refractivity contribution >= 4 is 34.7 Å². The van der Waals surface area contributed by atoms with Crippen LogP contribution in [0.15, 0.2) is 77.7 Å². The Morgan fingerprint density at radius 3 is 2.31 bits per heavy atom. The normalized spacial score (nSPS) is 10.3. The molecule has 0 saturated carbocycles. The number of nitrogen functional groups attached to an aromatic ring is 1. The van der Waals surface area contributed by atoms with Crippen LogP contribution in [0.4, 0.5) is 17.1 Å².